The number of carbonyl (C=O) groups excluding carboxylic acids is 1. The van der Waals surface area contributed by atoms with Gasteiger partial charge in [-0.3, -0.25) is 14.9 Å². The van der Waals surface area contributed by atoms with Gasteiger partial charge in [0.15, 0.2) is 0 Å². The number of nitrogens with zero attached hydrogens (tertiary/aromatic N) is 1. The van der Waals surface area contributed by atoms with Crippen LogP contribution in [0.15, 0.2) is 78.9 Å². The summed E-state index contributed by atoms with van der Waals surface area (Å²) in [7, 11) is 0. The first-order valence-electron chi connectivity index (χ1n) is 9.82. The lowest BCUT2D eigenvalue weighted by molar-refractivity contribution is -0.384. The Bertz CT molecular complexity index is 1080. The van der Waals surface area contributed by atoms with E-state index in [1.165, 1.54) is 12.1 Å². The third-order valence-corrected chi connectivity index (χ3v) is 4.90. The van der Waals surface area contributed by atoms with Gasteiger partial charge in [-0.15, -0.1) is 0 Å². The molecule has 0 radical (unpaired) electrons. The second kappa shape index (κ2) is 10.2. The van der Waals surface area contributed by atoms with Crippen molar-refractivity contribution in [1.29, 1.82) is 0 Å². The van der Waals surface area contributed by atoms with Gasteiger partial charge < -0.3 is 10.4 Å². The molecule has 1 amide bonds. The van der Waals surface area contributed by atoms with Crippen LogP contribution in [0.3, 0.4) is 0 Å². The zero-order valence-corrected chi connectivity index (χ0v) is 16.7. The van der Waals surface area contributed by atoms with Crippen LogP contribution < -0.4 is 5.32 Å². The van der Waals surface area contributed by atoms with Gasteiger partial charge in [0.05, 0.1) is 4.92 Å². The molecular formula is C24H22N2O5. The fourth-order valence-corrected chi connectivity index (χ4v) is 3.27. The van der Waals surface area contributed by atoms with Crippen LogP contribution >= 0.6 is 0 Å². The number of amides is 1. The molecule has 3 aromatic rings. The molecule has 0 heterocycles. The first-order chi connectivity index (χ1) is 14.9. The Balaban J connectivity index is 1.65. The van der Waals surface area contributed by atoms with E-state index in [0.717, 1.165) is 16.7 Å². The van der Waals surface area contributed by atoms with E-state index >= 15 is 0 Å². The Hall–Kier alpha value is -4.00. The monoisotopic (exact) mass is 418 g/mol. The fourth-order valence-electron chi connectivity index (χ4n) is 3.27. The maximum Gasteiger partial charge on any atom is 0.326 e. The summed E-state index contributed by atoms with van der Waals surface area (Å²) in [6.07, 6.45) is 1.36. The third-order valence-electron chi connectivity index (χ3n) is 4.90. The summed E-state index contributed by atoms with van der Waals surface area (Å²) in [6, 6.07) is 21.5. The summed E-state index contributed by atoms with van der Waals surface area (Å²) in [5, 5.41) is 23.0. The molecule has 0 spiro atoms. The third kappa shape index (κ3) is 6.24. The lowest BCUT2D eigenvalue weighted by atomic mass is 10.0. The SMILES string of the molecule is O=C(N[C@@H](Cc1ccccc1)C(=O)O)c1cccc(CCc2cccc([N+](=O)[O-])c2)c1. The van der Waals surface area contributed by atoms with E-state index in [2.05, 4.69) is 5.32 Å². The summed E-state index contributed by atoms with van der Waals surface area (Å²) in [5.41, 5.74) is 2.95. The van der Waals surface area contributed by atoms with Gasteiger partial charge in [0.2, 0.25) is 0 Å². The van der Waals surface area contributed by atoms with Crippen LogP contribution in [0, 0.1) is 10.1 Å². The van der Waals surface area contributed by atoms with E-state index < -0.39 is 22.8 Å². The summed E-state index contributed by atoms with van der Waals surface area (Å²) >= 11 is 0. The Kier molecular flexibility index (Phi) is 7.11. The molecule has 7 nitrogen and oxygen atoms in total. The number of nitrogens with one attached hydrogen (secondary N) is 1. The van der Waals surface area contributed by atoms with Gasteiger partial charge in [0.1, 0.15) is 6.04 Å². The predicted molar refractivity (Wildman–Crippen MR) is 116 cm³/mol. The van der Waals surface area contributed by atoms with Crippen LogP contribution in [-0.4, -0.2) is 27.9 Å². The van der Waals surface area contributed by atoms with E-state index in [1.54, 1.807) is 24.3 Å². The minimum Gasteiger partial charge on any atom is -0.480 e. The summed E-state index contributed by atoms with van der Waals surface area (Å²) in [5.74, 6) is -1.56. The van der Waals surface area contributed by atoms with E-state index in [1.807, 2.05) is 42.5 Å². The molecule has 0 aliphatic rings. The number of carbonyl (C=O) groups is 2. The van der Waals surface area contributed by atoms with Gasteiger partial charge in [-0.1, -0.05) is 54.6 Å². The Labute approximate surface area is 179 Å². The zero-order chi connectivity index (χ0) is 22.2. The Morgan fingerprint density at radius 2 is 1.48 bits per heavy atom. The number of carboxylic acids is 1. The van der Waals surface area contributed by atoms with Crippen LogP contribution in [0.2, 0.25) is 0 Å². The molecular weight excluding hydrogens is 396 g/mol. The molecule has 0 aliphatic carbocycles. The van der Waals surface area contributed by atoms with Crippen LogP contribution in [0.1, 0.15) is 27.0 Å². The van der Waals surface area contributed by atoms with Crippen molar-refractivity contribution in [1.82, 2.24) is 5.32 Å². The number of aliphatic carboxylic acids is 1. The van der Waals surface area contributed by atoms with Crippen LogP contribution in [-0.2, 0) is 24.1 Å². The average molecular weight is 418 g/mol. The van der Waals surface area contributed by atoms with Crippen LogP contribution in [0.25, 0.3) is 0 Å². The average Bonchev–Trinajstić information content (AvgIpc) is 2.78. The smallest absolute Gasteiger partial charge is 0.326 e. The summed E-state index contributed by atoms with van der Waals surface area (Å²) in [4.78, 5) is 34.7. The number of carboxylic acid groups (broad SMARTS) is 1. The number of nitro groups is 1. The van der Waals surface area contributed by atoms with Crippen molar-refractivity contribution in [2.45, 2.75) is 25.3 Å². The van der Waals surface area contributed by atoms with Gasteiger partial charge in [0, 0.05) is 24.1 Å². The van der Waals surface area contributed by atoms with Crippen LogP contribution in [0.4, 0.5) is 5.69 Å². The van der Waals surface area contributed by atoms with Crippen molar-refractivity contribution < 1.29 is 19.6 Å². The van der Waals surface area contributed by atoms with Crippen LogP contribution in [0.5, 0.6) is 0 Å². The lowest BCUT2D eigenvalue weighted by Gasteiger charge is -2.15. The minimum atomic E-state index is -1.10. The highest BCUT2D eigenvalue weighted by atomic mass is 16.6. The number of hydrogen-bond donors (Lipinski definition) is 2. The predicted octanol–water partition coefficient (Wildman–Crippen LogP) is 3.81. The number of nitro benzene ring substituents is 1. The molecule has 0 bridgehead atoms. The van der Waals surface area contributed by atoms with Crippen molar-refractivity contribution in [3.05, 3.63) is 111 Å². The first kappa shape index (κ1) is 21.7. The molecule has 158 valence electrons. The second-order valence-corrected chi connectivity index (χ2v) is 7.18. The zero-order valence-electron chi connectivity index (χ0n) is 16.7. The molecule has 7 heteroatoms. The minimum absolute atomic E-state index is 0.0451. The van der Waals surface area contributed by atoms with E-state index in [4.69, 9.17) is 0 Å². The normalized spacial score (nSPS) is 11.5. The van der Waals surface area contributed by atoms with Gasteiger partial charge in [-0.2, -0.15) is 0 Å². The highest BCUT2D eigenvalue weighted by Gasteiger charge is 2.21. The second-order valence-electron chi connectivity index (χ2n) is 7.18. The molecule has 1 atom stereocenters. The highest BCUT2D eigenvalue weighted by molar-refractivity contribution is 5.96. The van der Waals surface area contributed by atoms with Gasteiger partial charge in [-0.25, -0.2) is 4.79 Å². The molecule has 2 N–H and O–H groups in total. The lowest BCUT2D eigenvalue weighted by Crippen LogP contribution is -2.42. The topological polar surface area (TPSA) is 110 Å². The standard InChI is InChI=1S/C24H22N2O5/c27-23(25-22(24(28)29)16-17-6-2-1-3-7-17)20-10-4-8-18(14-20)12-13-19-9-5-11-21(15-19)26(30)31/h1-11,14-15,22H,12-13,16H2,(H,25,27)(H,28,29)/t22-/m0/s1. The molecule has 0 unspecified atom stereocenters. The molecule has 0 saturated heterocycles. The maximum absolute atomic E-state index is 12.6. The summed E-state index contributed by atoms with van der Waals surface area (Å²) in [6.45, 7) is 0. The molecule has 3 aromatic carbocycles. The largest absolute Gasteiger partial charge is 0.480 e. The van der Waals surface area contributed by atoms with Crippen molar-refractivity contribution in [3.8, 4) is 0 Å². The van der Waals surface area contributed by atoms with Gasteiger partial charge in [-0.05, 0) is 41.7 Å². The van der Waals surface area contributed by atoms with Gasteiger partial charge in [0.25, 0.3) is 11.6 Å². The Morgan fingerprint density at radius 1 is 0.871 bits per heavy atom. The molecule has 0 aliphatic heterocycles. The molecule has 0 fully saturated rings. The fraction of sp³-hybridized carbons (Fsp3) is 0.167. The Morgan fingerprint density at radius 3 is 2.13 bits per heavy atom. The molecule has 31 heavy (non-hydrogen) atoms. The number of hydrogen-bond acceptors (Lipinski definition) is 4. The van der Waals surface area contributed by atoms with E-state index in [0.29, 0.717) is 18.4 Å². The number of benzene rings is 3. The van der Waals surface area contributed by atoms with Crippen molar-refractivity contribution >= 4 is 17.6 Å². The van der Waals surface area contributed by atoms with E-state index in [-0.39, 0.29) is 12.1 Å². The summed E-state index contributed by atoms with van der Waals surface area (Å²) < 4.78 is 0. The van der Waals surface area contributed by atoms with Crippen molar-refractivity contribution in [2.24, 2.45) is 0 Å². The quantitative estimate of drug-likeness (QED) is 0.406. The van der Waals surface area contributed by atoms with Crippen molar-refractivity contribution in [2.75, 3.05) is 0 Å². The van der Waals surface area contributed by atoms with E-state index in [9.17, 15) is 24.8 Å². The number of non-ortho nitro benzene ring substituents is 1. The first-order valence-corrected chi connectivity index (χ1v) is 9.82. The molecule has 0 aromatic heterocycles. The molecule has 0 saturated carbocycles. The highest BCUT2D eigenvalue weighted by Crippen LogP contribution is 2.16. The van der Waals surface area contributed by atoms with Crippen molar-refractivity contribution in [3.63, 3.8) is 0 Å². The maximum atomic E-state index is 12.6. The molecule has 3 rings (SSSR count). The van der Waals surface area contributed by atoms with Gasteiger partial charge >= 0.3 is 5.97 Å². The number of rotatable bonds is 9. The number of aryl methyl sites for hydroxylation is 2.